The maximum atomic E-state index is 12.7. The molecular formula is C21H23N3O. The average Bonchev–Trinajstić information content (AvgIpc) is 2.90. The molecule has 1 aromatic carbocycles. The third kappa shape index (κ3) is 3.28. The van der Waals surface area contributed by atoms with Crippen LogP contribution in [0, 0.1) is 11.8 Å². The third-order valence-corrected chi connectivity index (χ3v) is 4.61. The van der Waals surface area contributed by atoms with Crippen molar-refractivity contribution in [1.82, 2.24) is 9.55 Å². The van der Waals surface area contributed by atoms with Crippen molar-refractivity contribution in [3.63, 3.8) is 0 Å². The van der Waals surface area contributed by atoms with Crippen LogP contribution in [0.5, 0.6) is 0 Å². The normalized spacial score (nSPS) is 16.1. The Morgan fingerprint density at radius 3 is 2.96 bits per heavy atom. The van der Waals surface area contributed by atoms with E-state index in [9.17, 15) is 4.79 Å². The number of hydrogen-bond acceptors (Lipinski definition) is 3. The minimum absolute atomic E-state index is 0.0479. The van der Waals surface area contributed by atoms with Gasteiger partial charge in [-0.1, -0.05) is 32.8 Å². The molecule has 1 aliphatic heterocycles. The molecule has 0 saturated heterocycles. The Balaban J connectivity index is 2.06. The van der Waals surface area contributed by atoms with Crippen LogP contribution in [0.2, 0.25) is 0 Å². The van der Waals surface area contributed by atoms with Crippen LogP contribution >= 0.6 is 0 Å². The van der Waals surface area contributed by atoms with Crippen LogP contribution in [0.15, 0.2) is 40.1 Å². The smallest absolute Gasteiger partial charge is 0.261 e. The van der Waals surface area contributed by atoms with Gasteiger partial charge in [0.1, 0.15) is 11.5 Å². The molecule has 0 bridgehead atoms. The van der Waals surface area contributed by atoms with E-state index in [2.05, 4.69) is 37.6 Å². The summed E-state index contributed by atoms with van der Waals surface area (Å²) in [6, 6.07) is 5.61. The predicted molar refractivity (Wildman–Crippen MR) is 103 cm³/mol. The molecule has 0 fully saturated rings. The maximum Gasteiger partial charge on any atom is 0.261 e. The molecule has 1 aliphatic rings. The third-order valence-electron chi connectivity index (χ3n) is 4.61. The van der Waals surface area contributed by atoms with Gasteiger partial charge < -0.3 is 0 Å². The molecule has 0 atom stereocenters. The number of rotatable bonds is 2. The van der Waals surface area contributed by atoms with Crippen molar-refractivity contribution in [2.45, 2.75) is 45.6 Å². The quantitative estimate of drug-likeness (QED) is 0.624. The predicted octanol–water partition coefficient (Wildman–Crippen LogP) is 3.47. The molecule has 0 radical (unpaired) electrons. The van der Waals surface area contributed by atoms with Crippen LogP contribution in [-0.4, -0.2) is 22.3 Å². The van der Waals surface area contributed by atoms with Crippen molar-refractivity contribution >= 4 is 16.6 Å². The van der Waals surface area contributed by atoms with E-state index >= 15 is 0 Å². The lowest BCUT2D eigenvalue weighted by molar-refractivity contribution is 0.510. The SMILES string of the molecule is CC/C=C\C(C#Cc1ccc2c(=O)n3c(nc2c1)C(C)(C)CC3)=NC. The topological polar surface area (TPSA) is 47.2 Å². The van der Waals surface area contributed by atoms with Crippen molar-refractivity contribution in [3.8, 4) is 11.8 Å². The summed E-state index contributed by atoms with van der Waals surface area (Å²) in [4.78, 5) is 21.7. The monoisotopic (exact) mass is 333 g/mol. The van der Waals surface area contributed by atoms with E-state index in [0.29, 0.717) is 5.39 Å². The van der Waals surface area contributed by atoms with Crippen LogP contribution in [-0.2, 0) is 12.0 Å². The zero-order valence-electron chi connectivity index (χ0n) is 15.3. The van der Waals surface area contributed by atoms with Gasteiger partial charge in [-0.3, -0.25) is 14.4 Å². The van der Waals surface area contributed by atoms with E-state index in [1.54, 1.807) is 7.05 Å². The van der Waals surface area contributed by atoms with Gasteiger partial charge in [0.25, 0.3) is 5.56 Å². The number of aromatic nitrogens is 2. The van der Waals surface area contributed by atoms with Crippen LogP contribution in [0.25, 0.3) is 10.9 Å². The van der Waals surface area contributed by atoms with E-state index in [1.807, 2.05) is 34.9 Å². The average molecular weight is 333 g/mol. The van der Waals surface area contributed by atoms with Crippen molar-refractivity contribution < 1.29 is 0 Å². The number of allylic oxidation sites excluding steroid dienone is 2. The lowest BCUT2D eigenvalue weighted by Gasteiger charge is -2.16. The zero-order valence-corrected chi connectivity index (χ0v) is 15.3. The van der Waals surface area contributed by atoms with Gasteiger partial charge in [-0.25, -0.2) is 4.98 Å². The Morgan fingerprint density at radius 2 is 2.24 bits per heavy atom. The molecule has 0 amide bonds. The Morgan fingerprint density at radius 1 is 1.44 bits per heavy atom. The van der Waals surface area contributed by atoms with Crippen LogP contribution in [0.1, 0.15) is 45.0 Å². The Labute approximate surface area is 148 Å². The second kappa shape index (κ2) is 6.68. The Bertz CT molecular complexity index is 997. The van der Waals surface area contributed by atoms with Gasteiger partial charge in [-0.15, -0.1) is 0 Å². The summed E-state index contributed by atoms with van der Waals surface area (Å²) >= 11 is 0. The Hall–Kier alpha value is -2.67. The first-order valence-electron chi connectivity index (χ1n) is 8.66. The molecule has 128 valence electrons. The molecule has 2 aromatic rings. The number of benzene rings is 1. The van der Waals surface area contributed by atoms with E-state index in [1.165, 1.54) is 0 Å². The second-order valence-electron chi connectivity index (χ2n) is 6.93. The molecule has 2 heterocycles. The fourth-order valence-electron chi connectivity index (χ4n) is 3.06. The number of fused-ring (bicyclic) bond motifs is 2. The maximum absolute atomic E-state index is 12.7. The summed E-state index contributed by atoms with van der Waals surface area (Å²) in [5.74, 6) is 7.07. The highest BCUT2D eigenvalue weighted by atomic mass is 16.1. The van der Waals surface area contributed by atoms with Gasteiger partial charge in [0.2, 0.25) is 0 Å². The molecular weight excluding hydrogens is 310 g/mol. The highest BCUT2D eigenvalue weighted by molar-refractivity contribution is 6.09. The van der Waals surface area contributed by atoms with Gasteiger partial charge >= 0.3 is 0 Å². The molecule has 3 rings (SSSR count). The number of hydrogen-bond donors (Lipinski definition) is 0. The lowest BCUT2D eigenvalue weighted by Crippen LogP contribution is -2.24. The summed E-state index contributed by atoms with van der Waals surface area (Å²) in [5.41, 5.74) is 2.28. The van der Waals surface area contributed by atoms with Crippen molar-refractivity contribution in [2.24, 2.45) is 4.99 Å². The standard InChI is InChI=1S/C21H23N3O/c1-5-6-7-16(22-4)10-8-15-9-11-17-18(14-15)23-20-21(2,3)12-13-24(20)19(17)25/h6-7,9,11,14H,5,12-13H2,1-4H3/b7-6-,22-16?. The van der Waals surface area contributed by atoms with E-state index in [0.717, 1.165) is 42.0 Å². The summed E-state index contributed by atoms with van der Waals surface area (Å²) in [5, 5.41) is 0.655. The molecule has 0 saturated carbocycles. The second-order valence-corrected chi connectivity index (χ2v) is 6.93. The Kier molecular flexibility index (Phi) is 4.59. The molecule has 0 unspecified atom stereocenters. The molecule has 0 spiro atoms. The first-order valence-corrected chi connectivity index (χ1v) is 8.66. The molecule has 0 N–H and O–H groups in total. The first-order chi connectivity index (χ1) is 12.0. The fourth-order valence-corrected chi connectivity index (χ4v) is 3.06. The van der Waals surface area contributed by atoms with Gasteiger partial charge in [0.05, 0.1) is 10.9 Å². The first kappa shape index (κ1) is 17.2. The molecule has 4 heteroatoms. The van der Waals surface area contributed by atoms with Gasteiger partial charge in [0, 0.05) is 24.6 Å². The zero-order chi connectivity index (χ0) is 18.0. The lowest BCUT2D eigenvalue weighted by atomic mass is 9.91. The molecule has 1 aromatic heterocycles. The number of aliphatic imine (C=N–C) groups is 1. The number of nitrogens with zero attached hydrogens (tertiary/aromatic N) is 3. The van der Waals surface area contributed by atoms with Crippen LogP contribution in [0.3, 0.4) is 0 Å². The molecule has 25 heavy (non-hydrogen) atoms. The van der Waals surface area contributed by atoms with Gasteiger partial charge in [-0.05, 0) is 43.0 Å². The van der Waals surface area contributed by atoms with Crippen LogP contribution in [0.4, 0.5) is 0 Å². The van der Waals surface area contributed by atoms with Gasteiger partial charge in [0.15, 0.2) is 0 Å². The minimum atomic E-state index is -0.0674. The van der Waals surface area contributed by atoms with E-state index in [4.69, 9.17) is 4.98 Å². The van der Waals surface area contributed by atoms with Crippen LogP contribution < -0.4 is 5.56 Å². The summed E-state index contributed by atoms with van der Waals surface area (Å²) in [7, 11) is 1.73. The summed E-state index contributed by atoms with van der Waals surface area (Å²) in [6.45, 7) is 7.09. The van der Waals surface area contributed by atoms with Crippen molar-refractivity contribution in [2.75, 3.05) is 7.05 Å². The van der Waals surface area contributed by atoms with Crippen molar-refractivity contribution in [3.05, 3.63) is 52.1 Å². The largest absolute Gasteiger partial charge is 0.296 e. The summed E-state index contributed by atoms with van der Waals surface area (Å²) in [6.07, 6.45) is 5.85. The van der Waals surface area contributed by atoms with E-state index in [-0.39, 0.29) is 11.0 Å². The summed E-state index contributed by atoms with van der Waals surface area (Å²) < 4.78 is 1.81. The van der Waals surface area contributed by atoms with Gasteiger partial charge in [-0.2, -0.15) is 0 Å². The minimum Gasteiger partial charge on any atom is -0.296 e. The highest BCUT2D eigenvalue weighted by Crippen LogP contribution is 2.32. The fraction of sp³-hybridized carbons (Fsp3) is 0.381. The molecule has 4 nitrogen and oxygen atoms in total. The highest BCUT2D eigenvalue weighted by Gasteiger charge is 2.32. The van der Waals surface area contributed by atoms with Crippen molar-refractivity contribution in [1.29, 1.82) is 0 Å². The van der Waals surface area contributed by atoms with E-state index < -0.39 is 0 Å². The molecule has 0 aliphatic carbocycles.